The summed E-state index contributed by atoms with van der Waals surface area (Å²) in [4.78, 5) is 17.1. The Morgan fingerprint density at radius 1 is 1.27 bits per heavy atom. The SMILES string of the molecule is CCOC(=O)c1cc2c(nc1-c1cccc(Cl)c1)CCCC2. The number of rotatable bonds is 3. The lowest BCUT2D eigenvalue weighted by atomic mass is 9.93. The van der Waals surface area contributed by atoms with E-state index in [9.17, 15) is 4.79 Å². The summed E-state index contributed by atoms with van der Waals surface area (Å²) in [7, 11) is 0. The predicted octanol–water partition coefficient (Wildman–Crippen LogP) is 4.46. The van der Waals surface area contributed by atoms with Crippen molar-refractivity contribution in [2.24, 2.45) is 0 Å². The number of carbonyl (C=O) groups is 1. The number of esters is 1. The molecule has 0 unspecified atom stereocenters. The van der Waals surface area contributed by atoms with Crippen LogP contribution in [0.4, 0.5) is 0 Å². The van der Waals surface area contributed by atoms with E-state index in [1.54, 1.807) is 0 Å². The molecule has 114 valence electrons. The van der Waals surface area contributed by atoms with Crippen molar-refractivity contribution < 1.29 is 9.53 Å². The van der Waals surface area contributed by atoms with Crippen LogP contribution in [0.3, 0.4) is 0 Å². The molecule has 0 fully saturated rings. The van der Waals surface area contributed by atoms with Gasteiger partial charge in [-0.1, -0.05) is 23.7 Å². The Kier molecular flexibility index (Phi) is 4.44. The lowest BCUT2D eigenvalue weighted by Crippen LogP contribution is -2.13. The van der Waals surface area contributed by atoms with E-state index in [2.05, 4.69) is 0 Å². The molecule has 1 aromatic carbocycles. The highest BCUT2D eigenvalue weighted by molar-refractivity contribution is 6.30. The number of hydrogen-bond donors (Lipinski definition) is 0. The van der Waals surface area contributed by atoms with Gasteiger partial charge in [-0.2, -0.15) is 0 Å². The fourth-order valence-corrected chi connectivity index (χ4v) is 3.04. The maximum Gasteiger partial charge on any atom is 0.340 e. The predicted molar refractivity (Wildman–Crippen MR) is 87.3 cm³/mol. The summed E-state index contributed by atoms with van der Waals surface area (Å²) >= 11 is 6.09. The largest absolute Gasteiger partial charge is 0.462 e. The topological polar surface area (TPSA) is 39.2 Å². The van der Waals surface area contributed by atoms with Crippen LogP contribution in [0, 0.1) is 0 Å². The van der Waals surface area contributed by atoms with E-state index in [0.717, 1.165) is 36.9 Å². The Balaban J connectivity index is 2.15. The van der Waals surface area contributed by atoms with Crippen molar-refractivity contribution in [2.45, 2.75) is 32.6 Å². The molecular weight excluding hydrogens is 298 g/mol. The second-order valence-electron chi connectivity index (χ2n) is 5.43. The van der Waals surface area contributed by atoms with Gasteiger partial charge in [0.25, 0.3) is 0 Å². The summed E-state index contributed by atoms with van der Waals surface area (Å²) in [5, 5.41) is 0.631. The molecule has 1 aliphatic rings. The molecular formula is C18H18ClNO2. The average Bonchev–Trinajstić information content (AvgIpc) is 2.54. The van der Waals surface area contributed by atoms with Crippen LogP contribution in [-0.4, -0.2) is 17.6 Å². The summed E-state index contributed by atoms with van der Waals surface area (Å²) in [5.41, 5.74) is 4.31. The van der Waals surface area contributed by atoms with Gasteiger partial charge in [-0.25, -0.2) is 4.79 Å². The molecule has 3 rings (SSSR count). The van der Waals surface area contributed by atoms with Crippen molar-refractivity contribution in [1.29, 1.82) is 0 Å². The van der Waals surface area contributed by atoms with Crippen molar-refractivity contribution in [2.75, 3.05) is 6.61 Å². The molecule has 0 atom stereocenters. The molecule has 4 heteroatoms. The van der Waals surface area contributed by atoms with Gasteiger partial charge in [-0.3, -0.25) is 4.98 Å². The molecule has 0 saturated heterocycles. The standard InChI is InChI=1S/C18H18ClNO2/c1-2-22-18(21)15-11-12-6-3-4-9-16(12)20-17(15)13-7-5-8-14(19)10-13/h5,7-8,10-11H,2-4,6,9H2,1H3. The Morgan fingerprint density at radius 2 is 2.09 bits per heavy atom. The number of benzene rings is 1. The van der Waals surface area contributed by atoms with Crippen LogP contribution in [0.2, 0.25) is 5.02 Å². The first kappa shape index (κ1) is 15.0. The summed E-state index contributed by atoms with van der Waals surface area (Å²) in [6, 6.07) is 9.39. The normalized spacial score (nSPS) is 13.5. The minimum Gasteiger partial charge on any atom is -0.462 e. The monoisotopic (exact) mass is 315 g/mol. The summed E-state index contributed by atoms with van der Waals surface area (Å²) < 4.78 is 5.20. The van der Waals surface area contributed by atoms with E-state index >= 15 is 0 Å². The Labute approximate surface area is 135 Å². The van der Waals surface area contributed by atoms with Crippen molar-refractivity contribution in [1.82, 2.24) is 4.98 Å². The van der Waals surface area contributed by atoms with Crippen LogP contribution in [0.25, 0.3) is 11.3 Å². The lowest BCUT2D eigenvalue weighted by molar-refractivity contribution is 0.0526. The number of carbonyl (C=O) groups excluding carboxylic acids is 1. The molecule has 3 nitrogen and oxygen atoms in total. The molecule has 1 aliphatic carbocycles. The molecule has 0 radical (unpaired) electrons. The first-order valence-corrected chi connectivity index (χ1v) is 8.02. The quantitative estimate of drug-likeness (QED) is 0.785. The van der Waals surface area contributed by atoms with Gasteiger partial charge in [0, 0.05) is 16.3 Å². The van der Waals surface area contributed by atoms with Gasteiger partial charge in [0.2, 0.25) is 0 Å². The van der Waals surface area contributed by atoms with Gasteiger partial charge in [0.05, 0.1) is 17.9 Å². The van der Waals surface area contributed by atoms with E-state index in [-0.39, 0.29) is 5.97 Å². The fraction of sp³-hybridized carbons (Fsp3) is 0.333. The van der Waals surface area contributed by atoms with E-state index in [4.69, 9.17) is 21.3 Å². The molecule has 0 bridgehead atoms. The molecule has 1 aromatic heterocycles. The number of halogens is 1. The molecule has 2 aromatic rings. The van der Waals surface area contributed by atoms with Gasteiger partial charge in [-0.15, -0.1) is 0 Å². The molecule has 0 saturated carbocycles. The van der Waals surface area contributed by atoms with Crippen molar-refractivity contribution in [3.05, 3.63) is 52.2 Å². The third-order valence-corrected chi connectivity index (χ3v) is 4.13. The number of hydrogen-bond acceptors (Lipinski definition) is 3. The average molecular weight is 316 g/mol. The van der Waals surface area contributed by atoms with Crippen LogP contribution in [0.5, 0.6) is 0 Å². The maximum atomic E-state index is 12.3. The number of pyridine rings is 1. The Morgan fingerprint density at radius 3 is 2.86 bits per heavy atom. The van der Waals surface area contributed by atoms with Crippen molar-refractivity contribution >= 4 is 17.6 Å². The molecule has 0 N–H and O–H groups in total. The highest BCUT2D eigenvalue weighted by Crippen LogP contribution is 2.30. The maximum absolute atomic E-state index is 12.3. The van der Waals surface area contributed by atoms with Gasteiger partial charge in [0.15, 0.2) is 0 Å². The molecule has 0 spiro atoms. The van der Waals surface area contributed by atoms with Crippen molar-refractivity contribution in [3.8, 4) is 11.3 Å². The van der Waals surface area contributed by atoms with Crippen LogP contribution in [-0.2, 0) is 17.6 Å². The number of aromatic nitrogens is 1. The minimum atomic E-state index is -0.321. The highest BCUT2D eigenvalue weighted by atomic mass is 35.5. The van der Waals surface area contributed by atoms with Crippen LogP contribution in [0.15, 0.2) is 30.3 Å². The van der Waals surface area contributed by atoms with Crippen LogP contribution in [0.1, 0.15) is 41.4 Å². The Hall–Kier alpha value is -1.87. The van der Waals surface area contributed by atoms with Crippen LogP contribution < -0.4 is 0 Å². The molecule has 22 heavy (non-hydrogen) atoms. The Bertz CT molecular complexity index is 712. The lowest BCUT2D eigenvalue weighted by Gasteiger charge is -2.18. The molecule has 1 heterocycles. The van der Waals surface area contributed by atoms with E-state index in [0.29, 0.717) is 22.9 Å². The van der Waals surface area contributed by atoms with E-state index < -0.39 is 0 Å². The van der Waals surface area contributed by atoms with Gasteiger partial charge in [-0.05, 0) is 56.4 Å². The second kappa shape index (κ2) is 6.49. The summed E-state index contributed by atoms with van der Waals surface area (Å²) in [6.07, 6.45) is 4.23. The smallest absolute Gasteiger partial charge is 0.340 e. The zero-order chi connectivity index (χ0) is 15.5. The minimum absolute atomic E-state index is 0.321. The zero-order valence-electron chi connectivity index (χ0n) is 12.6. The number of aryl methyl sites for hydroxylation is 2. The summed E-state index contributed by atoms with van der Waals surface area (Å²) in [5.74, 6) is -0.321. The number of ether oxygens (including phenoxy) is 1. The zero-order valence-corrected chi connectivity index (χ0v) is 13.3. The first-order chi connectivity index (χ1) is 10.7. The second-order valence-corrected chi connectivity index (χ2v) is 5.86. The van der Waals surface area contributed by atoms with Crippen molar-refractivity contribution in [3.63, 3.8) is 0 Å². The van der Waals surface area contributed by atoms with Gasteiger partial charge >= 0.3 is 5.97 Å². The van der Waals surface area contributed by atoms with E-state index in [1.807, 2.05) is 37.3 Å². The third kappa shape index (κ3) is 3.00. The van der Waals surface area contributed by atoms with E-state index in [1.165, 1.54) is 5.56 Å². The molecule has 0 aliphatic heterocycles. The summed E-state index contributed by atoms with van der Waals surface area (Å²) in [6.45, 7) is 2.16. The van der Waals surface area contributed by atoms with Gasteiger partial charge < -0.3 is 4.74 Å². The number of nitrogens with zero attached hydrogens (tertiary/aromatic N) is 1. The molecule has 0 amide bonds. The van der Waals surface area contributed by atoms with Crippen LogP contribution >= 0.6 is 11.6 Å². The highest BCUT2D eigenvalue weighted by Gasteiger charge is 2.21. The number of fused-ring (bicyclic) bond motifs is 1. The third-order valence-electron chi connectivity index (χ3n) is 3.89. The first-order valence-electron chi connectivity index (χ1n) is 7.65. The van der Waals surface area contributed by atoms with Gasteiger partial charge in [0.1, 0.15) is 0 Å². The fourth-order valence-electron chi connectivity index (χ4n) is 2.85.